The van der Waals surface area contributed by atoms with Crippen LogP contribution >= 0.6 is 11.8 Å². The third kappa shape index (κ3) is 5.05. The summed E-state index contributed by atoms with van der Waals surface area (Å²) >= 11 is 1.50. The molecule has 0 spiro atoms. The third-order valence-corrected chi connectivity index (χ3v) is 6.37. The number of hydrogen-bond donors (Lipinski definition) is 0. The van der Waals surface area contributed by atoms with Crippen LogP contribution in [0.3, 0.4) is 0 Å². The van der Waals surface area contributed by atoms with E-state index >= 15 is 0 Å². The lowest BCUT2D eigenvalue weighted by Crippen LogP contribution is -2.06. The Morgan fingerprint density at radius 2 is 1.60 bits per heavy atom. The number of imidazole rings is 1. The number of benzene rings is 3. The van der Waals surface area contributed by atoms with E-state index in [2.05, 4.69) is 0 Å². The van der Waals surface area contributed by atoms with Crippen molar-refractivity contribution in [3.63, 3.8) is 0 Å². The molecule has 0 unspecified atom stereocenters. The molecule has 0 saturated carbocycles. The highest BCUT2D eigenvalue weighted by Gasteiger charge is 2.21. The Hall–Kier alpha value is -4.10. The highest BCUT2D eigenvalue weighted by Crippen LogP contribution is 2.35. The van der Waals surface area contributed by atoms with Gasteiger partial charge in [0, 0.05) is 30.0 Å². The molecule has 5 rings (SSSR count). The van der Waals surface area contributed by atoms with Crippen LogP contribution in [0.4, 0.5) is 0 Å². The smallest absolute Gasteiger partial charge is 0.309 e. The van der Waals surface area contributed by atoms with Crippen LogP contribution in [-0.4, -0.2) is 27.4 Å². The maximum absolute atomic E-state index is 12.1. The highest BCUT2D eigenvalue weighted by molar-refractivity contribution is 7.99. The molecular formula is C28H23N3O3S. The molecule has 2 heterocycles. The number of esters is 1. The van der Waals surface area contributed by atoms with Crippen molar-refractivity contribution in [1.82, 2.24) is 14.4 Å². The molecule has 0 fully saturated rings. The van der Waals surface area contributed by atoms with E-state index < -0.39 is 5.97 Å². The quantitative estimate of drug-likeness (QED) is 0.263. The summed E-state index contributed by atoms with van der Waals surface area (Å²) in [5.41, 5.74) is 4.09. The highest BCUT2D eigenvalue weighted by atomic mass is 32.2. The van der Waals surface area contributed by atoms with Crippen LogP contribution in [0.2, 0.25) is 0 Å². The van der Waals surface area contributed by atoms with E-state index in [9.17, 15) is 4.79 Å². The van der Waals surface area contributed by atoms with E-state index in [1.165, 1.54) is 18.7 Å². The number of aromatic nitrogens is 3. The van der Waals surface area contributed by atoms with Crippen LogP contribution in [-0.2, 0) is 11.2 Å². The molecule has 0 amide bonds. The summed E-state index contributed by atoms with van der Waals surface area (Å²) in [6.07, 6.45) is 2.40. The topological polar surface area (TPSA) is 65.7 Å². The summed E-state index contributed by atoms with van der Waals surface area (Å²) in [5.74, 6) is 0.796. The van der Waals surface area contributed by atoms with Crippen LogP contribution in [0.1, 0.15) is 18.2 Å². The first kappa shape index (κ1) is 22.7. The molecule has 3 aromatic carbocycles. The Balaban J connectivity index is 1.68. The average molecular weight is 482 g/mol. The van der Waals surface area contributed by atoms with Gasteiger partial charge in [0.05, 0.1) is 12.8 Å². The number of carbonyl (C=O) groups excluding carboxylic acids is 1. The SMILES string of the molecule is COc1ccc(Sc2nc(-c3ccccc3)cn3c(OC(C)=O)c(Cc4ccccc4)nc23)cc1. The Kier molecular flexibility index (Phi) is 6.50. The predicted molar refractivity (Wildman–Crippen MR) is 136 cm³/mol. The number of rotatable bonds is 7. The predicted octanol–water partition coefficient (Wildman–Crippen LogP) is 6.07. The third-order valence-electron chi connectivity index (χ3n) is 5.40. The number of fused-ring (bicyclic) bond motifs is 1. The van der Waals surface area contributed by atoms with Crippen LogP contribution in [0.15, 0.2) is 101 Å². The molecule has 35 heavy (non-hydrogen) atoms. The minimum atomic E-state index is -0.399. The summed E-state index contributed by atoms with van der Waals surface area (Å²) in [6.45, 7) is 1.40. The molecule has 0 radical (unpaired) electrons. The molecule has 0 N–H and O–H groups in total. The van der Waals surface area contributed by atoms with Gasteiger partial charge < -0.3 is 9.47 Å². The lowest BCUT2D eigenvalue weighted by atomic mass is 10.1. The molecule has 6 nitrogen and oxygen atoms in total. The molecule has 174 valence electrons. The van der Waals surface area contributed by atoms with Crippen molar-refractivity contribution >= 4 is 23.4 Å². The minimum Gasteiger partial charge on any atom is -0.497 e. The minimum absolute atomic E-state index is 0.399. The molecular weight excluding hydrogens is 458 g/mol. The van der Waals surface area contributed by atoms with Gasteiger partial charge in [-0.3, -0.25) is 9.20 Å². The Labute approximate surface area is 207 Å². The fourth-order valence-electron chi connectivity index (χ4n) is 3.77. The number of methoxy groups -OCH3 is 1. The average Bonchev–Trinajstić information content (AvgIpc) is 3.22. The van der Waals surface area contributed by atoms with E-state index in [0.717, 1.165) is 27.5 Å². The summed E-state index contributed by atoms with van der Waals surface area (Å²) < 4.78 is 12.8. The largest absolute Gasteiger partial charge is 0.497 e. The lowest BCUT2D eigenvalue weighted by Gasteiger charge is -2.10. The van der Waals surface area contributed by atoms with Crippen molar-refractivity contribution in [2.75, 3.05) is 7.11 Å². The van der Waals surface area contributed by atoms with Crippen LogP contribution in [0.25, 0.3) is 16.9 Å². The van der Waals surface area contributed by atoms with Gasteiger partial charge in [-0.2, -0.15) is 0 Å². The van der Waals surface area contributed by atoms with Gasteiger partial charge in [0.15, 0.2) is 5.65 Å². The van der Waals surface area contributed by atoms with Crippen LogP contribution in [0.5, 0.6) is 11.6 Å². The molecule has 0 aliphatic rings. The second-order valence-corrected chi connectivity index (χ2v) is 8.95. The Morgan fingerprint density at radius 1 is 0.914 bits per heavy atom. The molecule has 2 aromatic heterocycles. The fraction of sp³-hybridized carbons (Fsp3) is 0.107. The van der Waals surface area contributed by atoms with Gasteiger partial charge in [-0.05, 0) is 29.8 Å². The van der Waals surface area contributed by atoms with Gasteiger partial charge in [-0.15, -0.1) is 0 Å². The Morgan fingerprint density at radius 3 is 2.26 bits per heavy atom. The molecule has 7 heteroatoms. The number of hydrogen-bond acceptors (Lipinski definition) is 6. The summed E-state index contributed by atoms with van der Waals surface area (Å²) in [4.78, 5) is 22.9. The number of ether oxygens (including phenoxy) is 2. The fourth-order valence-corrected chi connectivity index (χ4v) is 4.64. The first-order valence-electron chi connectivity index (χ1n) is 11.1. The molecule has 0 aliphatic heterocycles. The normalized spacial score (nSPS) is 10.9. The summed E-state index contributed by atoms with van der Waals surface area (Å²) in [5, 5.41) is 0.712. The zero-order chi connectivity index (χ0) is 24.2. The van der Waals surface area contributed by atoms with Gasteiger partial charge in [-0.25, -0.2) is 9.97 Å². The second kappa shape index (κ2) is 10.0. The van der Waals surface area contributed by atoms with Crippen molar-refractivity contribution in [3.05, 3.63) is 102 Å². The van der Waals surface area contributed by atoms with Gasteiger partial charge >= 0.3 is 5.97 Å². The van der Waals surface area contributed by atoms with E-state index in [4.69, 9.17) is 19.4 Å². The first-order valence-corrected chi connectivity index (χ1v) is 11.9. The molecule has 0 atom stereocenters. The van der Waals surface area contributed by atoms with E-state index in [1.54, 1.807) is 7.11 Å². The summed E-state index contributed by atoms with van der Waals surface area (Å²) in [6, 6.07) is 27.7. The molecule has 5 aromatic rings. The summed E-state index contributed by atoms with van der Waals surface area (Å²) in [7, 11) is 1.64. The van der Waals surface area contributed by atoms with Crippen molar-refractivity contribution in [2.24, 2.45) is 0 Å². The standard InChI is InChI=1S/C28H23N3O3S/c1-19(32)34-28-24(17-20-9-5-3-6-10-20)29-26-27(35-23-15-13-22(33-2)14-16-23)30-25(18-31(26)28)21-11-7-4-8-12-21/h3-16,18H,17H2,1-2H3. The monoisotopic (exact) mass is 481 g/mol. The molecule has 0 aliphatic carbocycles. The number of carbonyl (C=O) groups is 1. The molecule has 0 bridgehead atoms. The van der Waals surface area contributed by atoms with E-state index in [1.807, 2.05) is 95.5 Å². The van der Waals surface area contributed by atoms with Gasteiger partial charge in [0.2, 0.25) is 5.88 Å². The van der Waals surface area contributed by atoms with Crippen LogP contribution < -0.4 is 9.47 Å². The van der Waals surface area contributed by atoms with E-state index in [-0.39, 0.29) is 0 Å². The van der Waals surface area contributed by atoms with Crippen molar-refractivity contribution in [2.45, 2.75) is 23.3 Å². The van der Waals surface area contributed by atoms with Crippen molar-refractivity contribution in [1.29, 1.82) is 0 Å². The molecule has 0 saturated heterocycles. The number of nitrogens with zero attached hydrogens (tertiary/aromatic N) is 3. The Bertz CT molecular complexity index is 1470. The van der Waals surface area contributed by atoms with Crippen molar-refractivity contribution < 1.29 is 14.3 Å². The zero-order valence-corrected chi connectivity index (χ0v) is 20.2. The lowest BCUT2D eigenvalue weighted by molar-refractivity contribution is -0.132. The zero-order valence-electron chi connectivity index (χ0n) is 19.3. The maximum atomic E-state index is 12.1. The van der Waals surface area contributed by atoms with E-state index in [0.29, 0.717) is 28.7 Å². The second-order valence-electron chi connectivity index (χ2n) is 7.89. The maximum Gasteiger partial charge on any atom is 0.309 e. The van der Waals surface area contributed by atoms with Crippen molar-refractivity contribution in [3.8, 4) is 22.9 Å². The van der Waals surface area contributed by atoms with Crippen LogP contribution in [0, 0.1) is 0 Å². The van der Waals surface area contributed by atoms with Gasteiger partial charge in [0.1, 0.15) is 16.5 Å². The van der Waals surface area contributed by atoms with Gasteiger partial charge in [-0.1, -0.05) is 72.4 Å². The van der Waals surface area contributed by atoms with Gasteiger partial charge in [0.25, 0.3) is 0 Å². The first-order chi connectivity index (χ1) is 17.1.